The summed E-state index contributed by atoms with van der Waals surface area (Å²) in [4.78, 5) is 24.2. The van der Waals surface area contributed by atoms with Gasteiger partial charge in [-0.25, -0.2) is 0 Å². The minimum Gasteiger partial charge on any atom is -0.490 e. The number of hydrogen-bond acceptors (Lipinski definition) is 5. The summed E-state index contributed by atoms with van der Waals surface area (Å²) < 4.78 is 11.6. The molecule has 0 radical (unpaired) electrons. The maximum absolute atomic E-state index is 11.7. The largest absolute Gasteiger partial charge is 0.490 e. The molecule has 0 aromatic heterocycles. The first-order valence-electron chi connectivity index (χ1n) is 7.01. The lowest BCUT2D eigenvalue weighted by atomic mass is 10.1. The number of rotatable bonds is 7. The number of halogens is 1. The second-order valence-corrected chi connectivity index (χ2v) is 5.73. The molecule has 128 valence electrons. The molecule has 0 aliphatic carbocycles. The third-order valence-electron chi connectivity index (χ3n) is 2.87. The van der Waals surface area contributed by atoms with Gasteiger partial charge in [0.25, 0.3) is 11.8 Å². The quantitative estimate of drug-likeness (QED) is 0.558. The number of nitriles is 1. The second kappa shape index (κ2) is 8.93. The Morgan fingerprint density at radius 2 is 2.04 bits per heavy atom. The Hall–Kier alpha value is -2.53. The zero-order chi connectivity index (χ0) is 18.3. The lowest BCUT2D eigenvalue weighted by Crippen LogP contribution is -2.27. The maximum atomic E-state index is 11.7. The van der Waals surface area contributed by atoms with E-state index in [4.69, 9.17) is 20.5 Å². The molecule has 24 heavy (non-hydrogen) atoms. The van der Waals surface area contributed by atoms with Crippen molar-refractivity contribution in [2.24, 2.45) is 5.73 Å². The van der Waals surface area contributed by atoms with Crippen molar-refractivity contribution in [2.75, 3.05) is 27.3 Å². The van der Waals surface area contributed by atoms with Gasteiger partial charge in [0.05, 0.1) is 11.1 Å². The molecule has 1 aromatic rings. The van der Waals surface area contributed by atoms with Crippen LogP contribution in [0.4, 0.5) is 0 Å². The monoisotopic (exact) mass is 395 g/mol. The summed E-state index contributed by atoms with van der Waals surface area (Å²) in [5.41, 5.74) is 5.48. The van der Waals surface area contributed by atoms with Crippen LogP contribution in [0, 0.1) is 11.3 Å². The van der Waals surface area contributed by atoms with Gasteiger partial charge < -0.3 is 20.1 Å². The van der Waals surface area contributed by atoms with E-state index in [1.165, 1.54) is 11.0 Å². The molecule has 0 atom stereocenters. The highest BCUT2D eigenvalue weighted by molar-refractivity contribution is 9.10. The summed E-state index contributed by atoms with van der Waals surface area (Å²) in [5, 5.41) is 8.92. The van der Waals surface area contributed by atoms with Gasteiger partial charge in [0.15, 0.2) is 18.1 Å². The van der Waals surface area contributed by atoms with Crippen molar-refractivity contribution in [2.45, 2.75) is 6.92 Å². The number of ether oxygens (including phenoxy) is 2. The van der Waals surface area contributed by atoms with Gasteiger partial charge >= 0.3 is 0 Å². The number of likely N-dealkylation sites (N-methyl/N-ethyl adjacent to an activating group) is 1. The summed E-state index contributed by atoms with van der Waals surface area (Å²) in [7, 11) is 3.26. The third kappa shape index (κ3) is 5.28. The fraction of sp³-hybridized carbons (Fsp3) is 0.312. The average molecular weight is 396 g/mol. The number of nitrogens with zero attached hydrogens (tertiary/aromatic N) is 2. The van der Waals surface area contributed by atoms with E-state index >= 15 is 0 Å². The van der Waals surface area contributed by atoms with Gasteiger partial charge in [-0.05, 0) is 46.6 Å². The van der Waals surface area contributed by atoms with E-state index in [-0.39, 0.29) is 18.1 Å². The van der Waals surface area contributed by atoms with Gasteiger partial charge in [0.1, 0.15) is 11.6 Å². The summed E-state index contributed by atoms with van der Waals surface area (Å²) in [6, 6.07) is 4.98. The molecule has 0 saturated heterocycles. The lowest BCUT2D eigenvalue weighted by molar-refractivity contribution is -0.130. The number of amides is 2. The zero-order valence-corrected chi connectivity index (χ0v) is 15.2. The highest BCUT2D eigenvalue weighted by Gasteiger charge is 2.15. The number of benzene rings is 1. The summed E-state index contributed by atoms with van der Waals surface area (Å²) in [6.07, 6.45) is 1.35. The van der Waals surface area contributed by atoms with E-state index in [0.717, 1.165) is 0 Å². The molecule has 0 unspecified atom stereocenters. The normalized spacial score (nSPS) is 10.7. The Labute approximate surface area is 148 Å². The van der Waals surface area contributed by atoms with E-state index in [9.17, 15) is 9.59 Å². The molecule has 2 N–H and O–H groups in total. The SMILES string of the molecule is CCOc1cc(/C=C(\C#N)C(N)=O)cc(Br)c1OCC(=O)N(C)C. The number of nitrogens with two attached hydrogens (primary N) is 1. The smallest absolute Gasteiger partial charge is 0.259 e. The Kier molecular flexibility index (Phi) is 7.27. The van der Waals surface area contributed by atoms with Crippen molar-refractivity contribution >= 4 is 33.8 Å². The van der Waals surface area contributed by atoms with E-state index in [2.05, 4.69) is 15.9 Å². The molecular weight excluding hydrogens is 378 g/mol. The molecule has 1 aromatic carbocycles. The van der Waals surface area contributed by atoms with Gasteiger partial charge in [0, 0.05) is 14.1 Å². The first-order chi connectivity index (χ1) is 11.3. The van der Waals surface area contributed by atoms with Crippen molar-refractivity contribution < 1.29 is 19.1 Å². The molecule has 0 spiro atoms. The topological polar surface area (TPSA) is 106 Å². The molecule has 0 fully saturated rings. The summed E-state index contributed by atoms with van der Waals surface area (Å²) in [6.45, 7) is 2.03. The minimum atomic E-state index is -0.816. The van der Waals surface area contributed by atoms with Crippen LogP contribution in [0.15, 0.2) is 22.2 Å². The van der Waals surface area contributed by atoms with Gasteiger partial charge in [-0.2, -0.15) is 5.26 Å². The maximum Gasteiger partial charge on any atom is 0.259 e. The predicted molar refractivity (Wildman–Crippen MR) is 92.3 cm³/mol. The number of carbonyl (C=O) groups excluding carboxylic acids is 2. The average Bonchev–Trinajstić information content (AvgIpc) is 2.51. The van der Waals surface area contributed by atoms with Gasteiger partial charge in [-0.1, -0.05) is 0 Å². The Morgan fingerprint density at radius 3 is 2.54 bits per heavy atom. The van der Waals surface area contributed by atoms with Crippen LogP contribution in [-0.4, -0.2) is 44.0 Å². The Balaban J connectivity index is 3.21. The fourth-order valence-electron chi connectivity index (χ4n) is 1.66. The van der Waals surface area contributed by atoms with Crippen LogP contribution >= 0.6 is 15.9 Å². The van der Waals surface area contributed by atoms with Crippen molar-refractivity contribution in [3.8, 4) is 17.6 Å². The van der Waals surface area contributed by atoms with E-state index < -0.39 is 5.91 Å². The summed E-state index contributed by atoms with van der Waals surface area (Å²) >= 11 is 3.35. The van der Waals surface area contributed by atoms with Crippen molar-refractivity contribution in [1.29, 1.82) is 5.26 Å². The molecule has 0 heterocycles. The van der Waals surface area contributed by atoms with Gasteiger partial charge in [-0.3, -0.25) is 9.59 Å². The van der Waals surface area contributed by atoms with Gasteiger partial charge in [0.2, 0.25) is 0 Å². The van der Waals surface area contributed by atoms with Crippen LogP contribution in [0.5, 0.6) is 11.5 Å². The van der Waals surface area contributed by atoms with E-state index in [0.29, 0.717) is 28.1 Å². The molecule has 1 rings (SSSR count). The number of hydrogen-bond donors (Lipinski definition) is 1. The molecule has 0 aliphatic rings. The number of carbonyl (C=O) groups is 2. The van der Waals surface area contributed by atoms with Gasteiger partial charge in [-0.15, -0.1) is 0 Å². The Morgan fingerprint density at radius 1 is 1.38 bits per heavy atom. The molecule has 0 bridgehead atoms. The number of primary amides is 1. The highest BCUT2D eigenvalue weighted by atomic mass is 79.9. The third-order valence-corrected chi connectivity index (χ3v) is 3.46. The molecular formula is C16H18BrN3O4. The van der Waals surface area contributed by atoms with Crippen LogP contribution in [-0.2, 0) is 9.59 Å². The van der Waals surface area contributed by atoms with Crippen LogP contribution in [0.2, 0.25) is 0 Å². The standard InChI is InChI=1S/C16H18BrN3O4/c1-4-23-13-7-10(5-11(8-18)16(19)22)6-12(17)15(13)24-9-14(21)20(2)3/h5-7H,4,9H2,1-3H3,(H2,19,22)/b11-5+. The second-order valence-electron chi connectivity index (χ2n) is 4.87. The van der Waals surface area contributed by atoms with Crippen LogP contribution in [0.1, 0.15) is 12.5 Å². The molecule has 2 amide bonds. The minimum absolute atomic E-state index is 0.147. The molecule has 0 saturated carbocycles. The first-order valence-corrected chi connectivity index (χ1v) is 7.80. The van der Waals surface area contributed by atoms with Crippen LogP contribution in [0.3, 0.4) is 0 Å². The molecule has 0 aliphatic heterocycles. The fourth-order valence-corrected chi connectivity index (χ4v) is 2.24. The lowest BCUT2D eigenvalue weighted by Gasteiger charge is -2.16. The van der Waals surface area contributed by atoms with E-state index in [1.807, 2.05) is 0 Å². The summed E-state index contributed by atoms with van der Waals surface area (Å²) in [5.74, 6) is -0.273. The van der Waals surface area contributed by atoms with Crippen molar-refractivity contribution in [3.05, 3.63) is 27.7 Å². The van der Waals surface area contributed by atoms with Crippen molar-refractivity contribution in [1.82, 2.24) is 4.90 Å². The zero-order valence-electron chi connectivity index (χ0n) is 13.6. The van der Waals surface area contributed by atoms with Crippen LogP contribution in [0.25, 0.3) is 6.08 Å². The highest BCUT2D eigenvalue weighted by Crippen LogP contribution is 2.37. The van der Waals surface area contributed by atoms with Crippen LogP contribution < -0.4 is 15.2 Å². The Bertz CT molecular complexity index is 708. The first kappa shape index (κ1) is 19.5. The van der Waals surface area contributed by atoms with Crippen molar-refractivity contribution in [3.63, 3.8) is 0 Å². The van der Waals surface area contributed by atoms with E-state index in [1.54, 1.807) is 39.2 Å². The molecule has 8 heteroatoms. The predicted octanol–water partition coefficient (Wildman–Crippen LogP) is 1.71. The molecule has 7 nitrogen and oxygen atoms in total.